The van der Waals surface area contributed by atoms with Crippen LogP contribution >= 0.6 is 0 Å². The summed E-state index contributed by atoms with van der Waals surface area (Å²) in [5, 5.41) is 5.94. The lowest BCUT2D eigenvalue weighted by Gasteiger charge is -2.18. The molecule has 2 fully saturated rings. The monoisotopic (exact) mass is 374 g/mol. The van der Waals surface area contributed by atoms with Gasteiger partial charge in [0.2, 0.25) is 0 Å². The molecule has 6 nitrogen and oxygen atoms in total. The second-order valence-electron chi connectivity index (χ2n) is 7.58. The van der Waals surface area contributed by atoms with Crippen molar-refractivity contribution in [1.29, 1.82) is 0 Å². The molecule has 2 amide bonds. The van der Waals surface area contributed by atoms with E-state index in [4.69, 9.17) is 9.47 Å². The second-order valence-corrected chi connectivity index (χ2v) is 7.58. The Morgan fingerprint density at radius 2 is 1.33 bits per heavy atom. The Labute approximate surface area is 161 Å². The highest BCUT2D eigenvalue weighted by molar-refractivity contribution is 6.03. The van der Waals surface area contributed by atoms with Gasteiger partial charge in [0.05, 0.1) is 12.2 Å². The smallest absolute Gasteiger partial charge is 0.251 e. The van der Waals surface area contributed by atoms with Crippen LogP contribution in [0.4, 0.5) is 0 Å². The van der Waals surface area contributed by atoms with E-state index in [1.807, 2.05) is 26.8 Å². The van der Waals surface area contributed by atoms with E-state index in [-0.39, 0.29) is 24.0 Å². The first-order chi connectivity index (χ1) is 13.0. The van der Waals surface area contributed by atoms with Crippen LogP contribution in [0.1, 0.15) is 63.1 Å². The molecule has 0 radical (unpaired) electrons. The van der Waals surface area contributed by atoms with Crippen molar-refractivity contribution in [1.82, 2.24) is 10.6 Å². The third-order valence-corrected chi connectivity index (χ3v) is 5.45. The van der Waals surface area contributed by atoms with Crippen molar-refractivity contribution in [2.75, 3.05) is 26.3 Å². The van der Waals surface area contributed by atoms with Gasteiger partial charge in [0.1, 0.15) is 0 Å². The highest BCUT2D eigenvalue weighted by atomic mass is 16.5. The van der Waals surface area contributed by atoms with E-state index in [0.29, 0.717) is 24.2 Å². The lowest BCUT2D eigenvalue weighted by atomic mass is 9.92. The Balaban J connectivity index is 1.72. The summed E-state index contributed by atoms with van der Waals surface area (Å²) in [6, 6.07) is 1.91. The summed E-state index contributed by atoms with van der Waals surface area (Å²) < 4.78 is 11.1. The molecule has 2 aliphatic heterocycles. The number of nitrogens with one attached hydrogen (secondary N) is 2. The van der Waals surface area contributed by atoms with Crippen LogP contribution in [-0.4, -0.2) is 50.3 Å². The number of carbonyl (C=O) groups is 2. The van der Waals surface area contributed by atoms with E-state index in [0.717, 1.165) is 55.6 Å². The SMILES string of the molecule is Cc1cc(C)c(C(=O)NC[C@@H]2CCCO2)c(C)c1C(=O)NC[C@H]1CCCO1. The molecule has 2 atom stereocenters. The van der Waals surface area contributed by atoms with Crippen molar-refractivity contribution in [2.24, 2.45) is 0 Å². The molecule has 0 aromatic heterocycles. The molecule has 2 aliphatic rings. The molecule has 6 heteroatoms. The predicted octanol–water partition coefficient (Wildman–Crippen LogP) is 2.43. The molecule has 2 N–H and O–H groups in total. The van der Waals surface area contributed by atoms with E-state index in [1.54, 1.807) is 0 Å². The van der Waals surface area contributed by atoms with Gasteiger partial charge in [-0.25, -0.2) is 0 Å². The zero-order valence-electron chi connectivity index (χ0n) is 16.5. The minimum atomic E-state index is -0.145. The first-order valence-corrected chi connectivity index (χ1v) is 9.87. The van der Waals surface area contributed by atoms with Crippen LogP contribution in [0.25, 0.3) is 0 Å². The van der Waals surface area contributed by atoms with Gasteiger partial charge in [0.25, 0.3) is 11.8 Å². The van der Waals surface area contributed by atoms with Crippen molar-refractivity contribution >= 4 is 11.8 Å². The average molecular weight is 374 g/mol. The van der Waals surface area contributed by atoms with Crippen molar-refractivity contribution in [2.45, 2.75) is 58.7 Å². The Morgan fingerprint density at radius 3 is 1.70 bits per heavy atom. The number of hydrogen-bond acceptors (Lipinski definition) is 4. The minimum Gasteiger partial charge on any atom is -0.376 e. The molecule has 2 heterocycles. The number of hydrogen-bond donors (Lipinski definition) is 2. The fourth-order valence-corrected chi connectivity index (χ4v) is 4.08. The first-order valence-electron chi connectivity index (χ1n) is 9.87. The average Bonchev–Trinajstić information content (AvgIpc) is 3.31. The molecule has 0 aliphatic carbocycles. The van der Waals surface area contributed by atoms with Gasteiger partial charge in [-0.05, 0) is 63.1 Å². The number of rotatable bonds is 6. The summed E-state index contributed by atoms with van der Waals surface area (Å²) >= 11 is 0. The van der Waals surface area contributed by atoms with Gasteiger partial charge < -0.3 is 20.1 Å². The molecule has 0 bridgehead atoms. The summed E-state index contributed by atoms with van der Waals surface area (Å²) in [7, 11) is 0. The lowest BCUT2D eigenvalue weighted by Crippen LogP contribution is -2.35. The van der Waals surface area contributed by atoms with Crippen LogP contribution in [-0.2, 0) is 9.47 Å². The minimum absolute atomic E-state index is 0.0918. The van der Waals surface area contributed by atoms with Crippen molar-refractivity contribution in [3.8, 4) is 0 Å². The molecule has 3 rings (SSSR count). The molecular weight excluding hydrogens is 344 g/mol. The molecule has 0 unspecified atom stereocenters. The lowest BCUT2D eigenvalue weighted by molar-refractivity contribution is 0.0853. The Morgan fingerprint density at radius 1 is 0.889 bits per heavy atom. The first kappa shape index (κ1) is 19.8. The van der Waals surface area contributed by atoms with Crippen LogP contribution in [0, 0.1) is 20.8 Å². The third-order valence-electron chi connectivity index (χ3n) is 5.45. The molecule has 27 heavy (non-hydrogen) atoms. The van der Waals surface area contributed by atoms with Crippen LogP contribution < -0.4 is 10.6 Å². The highest BCUT2D eigenvalue weighted by Crippen LogP contribution is 2.23. The number of benzene rings is 1. The zero-order chi connectivity index (χ0) is 19.4. The summed E-state index contributed by atoms with van der Waals surface area (Å²) in [6.07, 6.45) is 4.21. The Bertz CT molecular complexity index is 648. The maximum absolute atomic E-state index is 12.8. The molecule has 1 aromatic rings. The van der Waals surface area contributed by atoms with Crippen molar-refractivity contribution in [3.63, 3.8) is 0 Å². The molecule has 148 valence electrons. The standard InChI is InChI=1S/C21H30N2O4/c1-13-10-14(2)19(21(25)23-12-17-7-5-9-27-17)15(3)18(13)20(24)22-11-16-6-4-8-26-16/h10,16-17H,4-9,11-12H2,1-3H3,(H,22,24)(H,23,25)/t16-,17+. The maximum atomic E-state index is 12.8. The summed E-state index contributed by atoms with van der Waals surface area (Å²) in [6.45, 7) is 8.21. The van der Waals surface area contributed by atoms with E-state index >= 15 is 0 Å². The van der Waals surface area contributed by atoms with Crippen LogP contribution in [0.15, 0.2) is 6.07 Å². The predicted molar refractivity (Wildman–Crippen MR) is 103 cm³/mol. The largest absolute Gasteiger partial charge is 0.376 e. The van der Waals surface area contributed by atoms with Crippen LogP contribution in [0.2, 0.25) is 0 Å². The van der Waals surface area contributed by atoms with Gasteiger partial charge in [0.15, 0.2) is 0 Å². The van der Waals surface area contributed by atoms with E-state index in [9.17, 15) is 9.59 Å². The summed E-state index contributed by atoms with van der Waals surface area (Å²) in [5.41, 5.74) is 3.65. The molecule has 1 aromatic carbocycles. The normalized spacial score (nSPS) is 22.0. The van der Waals surface area contributed by atoms with Gasteiger partial charge in [-0.3, -0.25) is 9.59 Å². The number of amides is 2. The zero-order valence-corrected chi connectivity index (χ0v) is 16.5. The van der Waals surface area contributed by atoms with Crippen molar-refractivity contribution in [3.05, 3.63) is 33.9 Å². The Hall–Kier alpha value is -1.92. The van der Waals surface area contributed by atoms with E-state index in [1.165, 1.54) is 0 Å². The number of carbonyl (C=O) groups excluding carboxylic acids is 2. The second kappa shape index (κ2) is 8.85. The summed E-state index contributed by atoms with van der Waals surface area (Å²) in [4.78, 5) is 25.6. The van der Waals surface area contributed by atoms with Gasteiger partial charge in [-0.1, -0.05) is 6.07 Å². The van der Waals surface area contributed by atoms with Gasteiger partial charge >= 0.3 is 0 Å². The van der Waals surface area contributed by atoms with Gasteiger partial charge in [-0.2, -0.15) is 0 Å². The van der Waals surface area contributed by atoms with Crippen LogP contribution in [0.3, 0.4) is 0 Å². The fraction of sp³-hybridized carbons (Fsp3) is 0.619. The quantitative estimate of drug-likeness (QED) is 0.802. The topological polar surface area (TPSA) is 76.7 Å². The van der Waals surface area contributed by atoms with Gasteiger partial charge in [0, 0.05) is 37.4 Å². The molecule has 2 saturated heterocycles. The van der Waals surface area contributed by atoms with E-state index in [2.05, 4.69) is 10.6 Å². The van der Waals surface area contributed by atoms with Crippen LogP contribution in [0.5, 0.6) is 0 Å². The number of ether oxygens (including phenoxy) is 2. The van der Waals surface area contributed by atoms with Crippen molar-refractivity contribution < 1.29 is 19.1 Å². The van der Waals surface area contributed by atoms with Gasteiger partial charge in [-0.15, -0.1) is 0 Å². The molecule has 0 saturated carbocycles. The summed E-state index contributed by atoms with van der Waals surface area (Å²) in [5.74, 6) is -0.289. The Kier molecular flexibility index (Phi) is 6.50. The highest BCUT2D eigenvalue weighted by Gasteiger charge is 2.24. The molecular formula is C21H30N2O4. The maximum Gasteiger partial charge on any atom is 0.251 e. The van der Waals surface area contributed by atoms with E-state index < -0.39 is 0 Å². The fourth-order valence-electron chi connectivity index (χ4n) is 4.08. The third kappa shape index (κ3) is 4.68. The number of aryl methyl sites for hydroxylation is 2. The molecule has 0 spiro atoms.